The Kier molecular flexibility index (Phi) is 7.12. The van der Waals surface area contributed by atoms with Crippen molar-refractivity contribution in [2.24, 2.45) is 11.8 Å². The summed E-state index contributed by atoms with van der Waals surface area (Å²) >= 11 is 1.68. The highest BCUT2D eigenvalue weighted by atomic mass is 32.2. The average Bonchev–Trinajstić information content (AvgIpc) is 3.29. The molecule has 3 rings (SSSR count). The molecule has 3 aliphatic rings. The molecule has 3 heterocycles. The number of likely N-dealkylation sites (N-methyl/N-ethyl adjacent to an activating group) is 1. The van der Waals surface area contributed by atoms with Crippen molar-refractivity contribution >= 4 is 29.5 Å². The van der Waals surface area contributed by atoms with Crippen molar-refractivity contribution in [1.29, 1.82) is 0 Å². The Balaban J connectivity index is 2.10. The van der Waals surface area contributed by atoms with Crippen molar-refractivity contribution in [2.75, 3.05) is 33.3 Å². The van der Waals surface area contributed by atoms with Crippen LogP contribution in [-0.4, -0.2) is 91.9 Å². The van der Waals surface area contributed by atoms with Crippen molar-refractivity contribution in [1.82, 2.24) is 14.7 Å². The van der Waals surface area contributed by atoms with Crippen LogP contribution in [0.3, 0.4) is 0 Å². The summed E-state index contributed by atoms with van der Waals surface area (Å²) < 4.78 is -1.03. The Bertz CT molecular complexity index is 840. The maximum absolute atomic E-state index is 14.1. The van der Waals surface area contributed by atoms with Crippen LogP contribution in [0, 0.1) is 11.8 Å². The van der Waals surface area contributed by atoms with Crippen molar-refractivity contribution < 1.29 is 19.5 Å². The third-order valence-corrected chi connectivity index (χ3v) is 9.49. The summed E-state index contributed by atoms with van der Waals surface area (Å²) in [6.07, 6.45) is 5.30. The molecule has 3 amide bonds. The Morgan fingerprint density at radius 1 is 1.21 bits per heavy atom. The fourth-order valence-electron chi connectivity index (χ4n) is 6.05. The van der Waals surface area contributed by atoms with Gasteiger partial charge >= 0.3 is 0 Å². The quantitative estimate of drug-likeness (QED) is 0.516. The number of hydrogen-bond donors (Lipinski definition) is 1. The van der Waals surface area contributed by atoms with E-state index in [0.717, 1.165) is 12.8 Å². The summed E-state index contributed by atoms with van der Waals surface area (Å²) in [6.45, 7) is 16.6. The molecule has 5 atom stereocenters. The molecule has 0 aromatic heterocycles. The number of carbonyl (C=O) groups is 3. The summed E-state index contributed by atoms with van der Waals surface area (Å²) in [7, 11) is 1.74. The van der Waals surface area contributed by atoms with Crippen LogP contribution in [0.25, 0.3) is 0 Å². The van der Waals surface area contributed by atoms with E-state index in [-0.39, 0.29) is 29.1 Å². The summed E-state index contributed by atoms with van der Waals surface area (Å²) in [5.74, 6) is -1.31. The molecule has 0 aromatic rings. The van der Waals surface area contributed by atoms with Gasteiger partial charge in [-0.1, -0.05) is 12.2 Å². The highest BCUT2D eigenvalue weighted by molar-refractivity contribution is 8.02. The third-order valence-electron chi connectivity index (χ3n) is 7.50. The third kappa shape index (κ3) is 4.03. The number of aliphatic hydroxyl groups excluding tert-OH is 1. The summed E-state index contributed by atoms with van der Waals surface area (Å²) in [5.41, 5.74) is -0.448. The highest BCUT2D eigenvalue weighted by Gasteiger charge is 2.77. The van der Waals surface area contributed by atoms with E-state index in [0.29, 0.717) is 26.1 Å². The van der Waals surface area contributed by atoms with E-state index in [1.54, 1.807) is 45.7 Å². The second kappa shape index (κ2) is 9.10. The van der Waals surface area contributed by atoms with Crippen LogP contribution in [0.4, 0.5) is 0 Å². The molecule has 3 aliphatic heterocycles. The lowest BCUT2D eigenvalue weighted by Gasteiger charge is -2.42. The lowest BCUT2D eigenvalue weighted by Crippen LogP contribution is -2.59. The van der Waals surface area contributed by atoms with Gasteiger partial charge in [0, 0.05) is 43.6 Å². The van der Waals surface area contributed by atoms with Gasteiger partial charge in [-0.2, -0.15) is 0 Å². The number of thioether (sulfide) groups is 1. The predicted molar refractivity (Wildman–Crippen MR) is 132 cm³/mol. The SMILES string of the molecule is C=CCN(C)C(=O)[C@@H]1[C@H]2C(=O)N(CCCO)C(C(=O)N(CC=C)C(C)(C)C)C23CC[C@@]1(C)S3. The molecule has 7 nitrogen and oxygen atoms in total. The highest BCUT2D eigenvalue weighted by Crippen LogP contribution is 2.71. The number of nitrogens with zero attached hydrogens (tertiary/aromatic N) is 3. The number of likely N-dealkylation sites (tertiary alicyclic amines) is 1. The maximum atomic E-state index is 14.1. The first-order valence-corrected chi connectivity index (χ1v) is 12.6. The zero-order valence-electron chi connectivity index (χ0n) is 20.7. The van der Waals surface area contributed by atoms with E-state index in [1.165, 1.54) is 0 Å². The maximum Gasteiger partial charge on any atom is 0.247 e. The average molecular weight is 478 g/mol. The number of fused-ring (bicyclic) bond motifs is 1. The molecule has 3 saturated heterocycles. The molecule has 2 bridgehead atoms. The molecular weight excluding hydrogens is 438 g/mol. The standard InChI is InChI=1S/C25H39N3O4S/c1-8-13-26(7)20(30)17-18-21(31)27(15-10-16-29)19(25(18)12-11-24(17,6)33-25)22(32)28(14-9-2)23(3,4)5/h8-9,17-19,29H,1-2,10-16H2,3-7H3/t17-,18-,19?,24+,25?/m0/s1. The molecule has 0 aliphatic carbocycles. The number of rotatable bonds is 9. The van der Waals surface area contributed by atoms with Gasteiger partial charge in [-0.3, -0.25) is 14.4 Å². The minimum absolute atomic E-state index is 0.0567. The van der Waals surface area contributed by atoms with E-state index >= 15 is 0 Å². The minimum atomic E-state index is -0.657. The van der Waals surface area contributed by atoms with E-state index < -0.39 is 28.2 Å². The number of carbonyl (C=O) groups excluding carboxylic acids is 3. The number of aliphatic hydroxyl groups is 1. The molecule has 1 N–H and O–H groups in total. The summed E-state index contributed by atoms with van der Waals surface area (Å²) in [5, 5.41) is 9.48. The lowest BCUT2D eigenvalue weighted by molar-refractivity contribution is -0.146. The minimum Gasteiger partial charge on any atom is -0.396 e. The van der Waals surface area contributed by atoms with Gasteiger partial charge < -0.3 is 19.8 Å². The first-order chi connectivity index (χ1) is 15.4. The van der Waals surface area contributed by atoms with Crippen LogP contribution in [0.1, 0.15) is 47.0 Å². The second-order valence-electron chi connectivity index (χ2n) is 10.8. The fourth-order valence-corrected chi connectivity index (χ4v) is 8.40. The van der Waals surface area contributed by atoms with Crippen LogP contribution in [-0.2, 0) is 14.4 Å². The Hall–Kier alpha value is -1.80. The molecule has 8 heteroatoms. The summed E-state index contributed by atoms with van der Waals surface area (Å²) in [4.78, 5) is 46.7. The largest absolute Gasteiger partial charge is 0.396 e. The van der Waals surface area contributed by atoms with Crippen molar-refractivity contribution in [3.05, 3.63) is 25.3 Å². The number of hydrogen-bond acceptors (Lipinski definition) is 5. The van der Waals surface area contributed by atoms with Gasteiger partial charge in [0.15, 0.2) is 0 Å². The molecular formula is C25H39N3O4S. The zero-order valence-corrected chi connectivity index (χ0v) is 21.5. The first kappa shape index (κ1) is 25.8. The normalized spacial score (nSPS) is 32.6. The van der Waals surface area contributed by atoms with Crippen LogP contribution >= 0.6 is 11.8 Å². The Labute approximate surface area is 202 Å². The molecule has 2 unspecified atom stereocenters. The Morgan fingerprint density at radius 2 is 1.85 bits per heavy atom. The van der Waals surface area contributed by atoms with Crippen LogP contribution in [0.5, 0.6) is 0 Å². The van der Waals surface area contributed by atoms with E-state index in [2.05, 4.69) is 20.1 Å². The van der Waals surface area contributed by atoms with Gasteiger partial charge in [0.05, 0.1) is 16.6 Å². The van der Waals surface area contributed by atoms with Crippen molar-refractivity contribution in [2.45, 2.75) is 68.0 Å². The fraction of sp³-hybridized carbons (Fsp3) is 0.720. The molecule has 0 aromatic carbocycles. The molecule has 33 heavy (non-hydrogen) atoms. The molecule has 1 spiro atoms. The monoisotopic (exact) mass is 477 g/mol. The van der Waals surface area contributed by atoms with Gasteiger partial charge in [0.1, 0.15) is 6.04 Å². The molecule has 0 saturated carbocycles. The first-order valence-electron chi connectivity index (χ1n) is 11.8. The van der Waals surface area contributed by atoms with Crippen LogP contribution < -0.4 is 0 Å². The van der Waals surface area contributed by atoms with Gasteiger partial charge in [0.2, 0.25) is 17.7 Å². The van der Waals surface area contributed by atoms with Crippen LogP contribution in [0.2, 0.25) is 0 Å². The Morgan fingerprint density at radius 3 is 2.39 bits per heavy atom. The molecule has 184 valence electrons. The van der Waals surface area contributed by atoms with Gasteiger partial charge in [-0.25, -0.2) is 0 Å². The van der Waals surface area contributed by atoms with E-state index in [9.17, 15) is 19.5 Å². The topological polar surface area (TPSA) is 81.2 Å². The van der Waals surface area contributed by atoms with E-state index in [4.69, 9.17) is 0 Å². The molecule has 3 fully saturated rings. The van der Waals surface area contributed by atoms with E-state index in [1.807, 2.05) is 20.8 Å². The summed E-state index contributed by atoms with van der Waals surface area (Å²) in [6, 6.07) is -0.657. The smallest absolute Gasteiger partial charge is 0.247 e. The van der Waals surface area contributed by atoms with Gasteiger partial charge in [-0.15, -0.1) is 24.9 Å². The van der Waals surface area contributed by atoms with Crippen LogP contribution in [0.15, 0.2) is 25.3 Å². The van der Waals surface area contributed by atoms with Gasteiger partial charge in [0.25, 0.3) is 0 Å². The zero-order chi connectivity index (χ0) is 24.8. The van der Waals surface area contributed by atoms with Crippen molar-refractivity contribution in [3.8, 4) is 0 Å². The molecule has 0 radical (unpaired) electrons. The second-order valence-corrected chi connectivity index (χ2v) is 12.6. The lowest BCUT2D eigenvalue weighted by atomic mass is 9.66. The number of amides is 3. The van der Waals surface area contributed by atoms with Crippen molar-refractivity contribution in [3.63, 3.8) is 0 Å². The van der Waals surface area contributed by atoms with Gasteiger partial charge in [-0.05, 0) is 47.0 Å². The predicted octanol–water partition coefficient (Wildman–Crippen LogP) is 2.31.